The fraction of sp³-hybridized carbons (Fsp3) is 0.750. The molecule has 1 rings (SSSR count). The van der Waals surface area contributed by atoms with Gasteiger partial charge in [-0.25, -0.2) is 0 Å². The number of rotatable bonds is 3. The molecular formula is C8H15N3. The molecule has 0 saturated carbocycles. The Kier molecular flexibility index (Phi) is 3.06. The van der Waals surface area contributed by atoms with Crippen LogP contribution in [-0.2, 0) is 0 Å². The molecule has 3 nitrogen and oxygen atoms in total. The third-order valence-corrected chi connectivity index (χ3v) is 1.79. The van der Waals surface area contributed by atoms with E-state index in [4.69, 9.17) is 5.73 Å². The molecule has 3 heteroatoms. The number of nitrogens with two attached hydrogens (primary N) is 1. The first-order valence-corrected chi connectivity index (χ1v) is 4.08. The minimum atomic E-state index is 0.695. The minimum Gasteiger partial charge on any atom is -0.330 e. The first kappa shape index (κ1) is 8.22. The number of hydrogen-bond acceptors (Lipinski definition) is 3. The van der Waals surface area contributed by atoms with Gasteiger partial charge in [-0.2, -0.15) is 0 Å². The first-order valence-electron chi connectivity index (χ1n) is 4.08. The molecule has 1 aliphatic rings. The summed E-state index contributed by atoms with van der Waals surface area (Å²) in [5.41, 5.74) is 5.40. The maximum Gasteiger partial charge on any atom is 0.0444 e. The highest BCUT2D eigenvalue weighted by atomic mass is 15.2. The van der Waals surface area contributed by atoms with Crippen LogP contribution in [-0.4, -0.2) is 42.5 Å². The third-order valence-electron chi connectivity index (χ3n) is 1.79. The summed E-state index contributed by atoms with van der Waals surface area (Å²) in [7, 11) is 0. The monoisotopic (exact) mass is 153 g/mol. The number of hydrogen-bond donors (Lipinski definition) is 1. The Morgan fingerprint density at radius 2 is 1.91 bits per heavy atom. The van der Waals surface area contributed by atoms with Crippen molar-refractivity contribution in [1.29, 1.82) is 0 Å². The molecule has 62 valence electrons. The molecule has 0 radical (unpaired) electrons. The highest BCUT2D eigenvalue weighted by Gasteiger charge is 2.05. The molecule has 0 aromatic rings. The quantitative estimate of drug-likeness (QED) is 0.555. The summed E-state index contributed by atoms with van der Waals surface area (Å²) in [5, 5.41) is 0. The molecule has 0 spiro atoms. The summed E-state index contributed by atoms with van der Waals surface area (Å²) in [4.78, 5) is 4.19. The van der Waals surface area contributed by atoms with Crippen molar-refractivity contribution in [3.63, 3.8) is 0 Å². The van der Waals surface area contributed by atoms with Gasteiger partial charge in [0.1, 0.15) is 0 Å². The van der Waals surface area contributed by atoms with Crippen molar-refractivity contribution < 1.29 is 0 Å². The van der Waals surface area contributed by atoms with E-state index in [0.717, 1.165) is 26.2 Å². The van der Waals surface area contributed by atoms with Crippen LogP contribution in [0.25, 0.3) is 0 Å². The lowest BCUT2D eigenvalue weighted by Crippen LogP contribution is -2.37. The van der Waals surface area contributed by atoms with Gasteiger partial charge >= 0.3 is 0 Å². The largest absolute Gasteiger partial charge is 0.330 e. The summed E-state index contributed by atoms with van der Waals surface area (Å²) in [6, 6.07) is 6.11. The van der Waals surface area contributed by atoms with Crippen molar-refractivity contribution in [2.45, 2.75) is 6.92 Å². The van der Waals surface area contributed by atoms with Crippen LogP contribution in [0.3, 0.4) is 0 Å². The number of likely N-dealkylation sites (N-methyl/N-ethyl adjacent to an activating group) is 1. The molecule has 0 saturated heterocycles. The maximum atomic E-state index is 5.40. The molecule has 0 amide bonds. The van der Waals surface area contributed by atoms with E-state index >= 15 is 0 Å². The zero-order chi connectivity index (χ0) is 8.10. The van der Waals surface area contributed by atoms with Crippen molar-refractivity contribution in [3.8, 4) is 12.1 Å². The van der Waals surface area contributed by atoms with Gasteiger partial charge < -0.3 is 15.5 Å². The van der Waals surface area contributed by atoms with Gasteiger partial charge in [0.05, 0.1) is 0 Å². The zero-order valence-electron chi connectivity index (χ0n) is 7.01. The molecule has 0 fully saturated rings. The van der Waals surface area contributed by atoms with Gasteiger partial charge in [0.15, 0.2) is 0 Å². The SMILES string of the molecule is CCN1C#CN(CCN)CC1. The van der Waals surface area contributed by atoms with Gasteiger partial charge in [0.25, 0.3) is 0 Å². The van der Waals surface area contributed by atoms with Gasteiger partial charge in [0, 0.05) is 44.8 Å². The zero-order valence-corrected chi connectivity index (χ0v) is 7.01. The van der Waals surface area contributed by atoms with Crippen molar-refractivity contribution in [1.82, 2.24) is 9.80 Å². The van der Waals surface area contributed by atoms with Crippen LogP contribution >= 0.6 is 0 Å². The second-order valence-corrected chi connectivity index (χ2v) is 2.58. The standard InChI is InChI=1S/C8H15N3/c1-2-10-5-7-11(4-3-9)8-6-10/h2-5,7,9H2,1H3. The second kappa shape index (κ2) is 4.09. The maximum absolute atomic E-state index is 5.40. The van der Waals surface area contributed by atoms with Crippen LogP contribution < -0.4 is 5.73 Å². The third kappa shape index (κ3) is 2.32. The van der Waals surface area contributed by atoms with Crippen molar-refractivity contribution in [2.75, 3.05) is 32.7 Å². The van der Waals surface area contributed by atoms with Crippen LogP contribution in [0.1, 0.15) is 6.92 Å². The van der Waals surface area contributed by atoms with Crippen molar-refractivity contribution in [2.24, 2.45) is 5.73 Å². The van der Waals surface area contributed by atoms with Gasteiger partial charge in [-0.15, -0.1) is 0 Å². The fourth-order valence-corrected chi connectivity index (χ4v) is 1.06. The molecule has 0 bridgehead atoms. The second-order valence-electron chi connectivity index (χ2n) is 2.58. The smallest absolute Gasteiger partial charge is 0.0444 e. The molecule has 2 N–H and O–H groups in total. The average molecular weight is 153 g/mol. The van der Waals surface area contributed by atoms with E-state index in [1.165, 1.54) is 0 Å². The molecule has 1 aliphatic heterocycles. The highest BCUT2D eigenvalue weighted by Crippen LogP contribution is 1.94. The molecule has 0 unspecified atom stereocenters. The van der Waals surface area contributed by atoms with E-state index in [1.807, 2.05) is 0 Å². The predicted molar refractivity (Wildman–Crippen MR) is 45.7 cm³/mol. The lowest BCUT2D eigenvalue weighted by molar-refractivity contribution is 0.307. The molecule has 0 atom stereocenters. The van der Waals surface area contributed by atoms with Crippen LogP contribution in [0.4, 0.5) is 0 Å². The Bertz CT molecular complexity index is 168. The van der Waals surface area contributed by atoms with Gasteiger partial charge in [-0.05, 0) is 6.92 Å². The molecular weight excluding hydrogens is 138 g/mol. The first-order chi connectivity index (χ1) is 5.36. The summed E-state index contributed by atoms with van der Waals surface area (Å²) >= 11 is 0. The Balaban J connectivity index is 2.36. The van der Waals surface area contributed by atoms with Gasteiger partial charge in [-0.1, -0.05) is 0 Å². The van der Waals surface area contributed by atoms with Gasteiger partial charge in [0.2, 0.25) is 0 Å². The summed E-state index contributed by atoms with van der Waals surface area (Å²) < 4.78 is 0. The molecule has 0 aromatic heterocycles. The van der Waals surface area contributed by atoms with E-state index in [0.29, 0.717) is 6.54 Å². The fourth-order valence-electron chi connectivity index (χ4n) is 1.06. The Morgan fingerprint density at radius 1 is 1.27 bits per heavy atom. The van der Waals surface area contributed by atoms with Crippen molar-refractivity contribution in [3.05, 3.63) is 0 Å². The van der Waals surface area contributed by atoms with Crippen LogP contribution in [0.2, 0.25) is 0 Å². The summed E-state index contributed by atoms with van der Waals surface area (Å²) in [6.07, 6.45) is 0. The minimum absolute atomic E-state index is 0.695. The van der Waals surface area contributed by atoms with E-state index < -0.39 is 0 Å². The Morgan fingerprint density at radius 3 is 2.36 bits per heavy atom. The van der Waals surface area contributed by atoms with E-state index in [-0.39, 0.29) is 0 Å². The predicted octanol–water partition coefficient (Wildman–Crippen LogP) is -0.499. The highest BCUT2D eigenvalue weighted by molar-refractivity contribution is 5.02. The Labute approximate surface area is 68.1 Å². The summed E-state index contributed by atoms with van der Waals surface area (Å²) in [5.74, 6) is 0. The van der Waals surface area contributed by atoms with E-state index in [1.54, 1.807) is 0 Å². The lowest BCUT2D eigenvalue weighted by atomic mass is 10.4. The van der Waals surface area contributed by atoms with Crippen molar-refractivity contribution >= 4 is 0 Å². The van der Waals surface area contributed by atoms with Gasteiger partial charge in [-0.3, -0.25) is 0 Å². The van der Waals surface area contributed by atoms with Crippen LogP contribution in [0.5, 0.6) is 0 Å². The lowest BCUT2D eigenvalue weighted by Gasteiger charge is -2.25. The van der Waals surface area contributed by atoms with Crippen LogP contribution in [0, 0.1) is 12.1 Å². The molecule has 0 aromatic carbocycles. The molecule has 11 heavy (non-hydrogen) atoms. The molecule has 1 heterocycles. The normalized spacial score (nSPS) is 16.2. The van der Waals surface area contributed by atoms with E-state index in [9.17, 15) is 0 Å². The summed E-state index contributed by atoms with van der Waals surface area (Å²) in [6.45, 7) is 6.80. The average Bonchev–Trinajstić information content (AvgIpc) is 2.07. The topological polar surface area (TPSA) is 32.5 Å². The van der Waals surface area contributed by atoms with Crippen LogP contribution in [0.15, 0.2) is 0 Å². The Hall–Kier alpha value is -0.880. The molecule has 0 aliphatic carbocycles. The number of nitrogens with zero attached hydrogens (tertiary/aromatic N) is 2. The van der Waals surface area contributed by atoms with E-state index in [2.05, 4.69) is 28.8 Å².